The van der Waals surface area contributed by atoms with Crippen molar-refractivity contribution in [2.24, 2.45) is 0 Å². The van der Waals surface area contributed by atoms with Crippen LogP contribution in [0.15, 0.2) is 42.5 Å². The van der Waals surface area contributed by atoms with Crippen LogP contribution in [0, 0.1) is 6.92 Å². The Labute approximate surface area is 196 Å². The fourth-order valence-corrected chi connectivity index (χ4v) is 5.56. The minimum absolute atomic E-state index is 0.0651. The molecule has 2 aliphatic rings. The Kier molecular flexibility index (Phi) is 5.55. The van der Waals surface area contributed by atoms with Crippen LogP contribution in [0.25, 0.3) is 0 Å². The maximum absolute atomic E-state index is 13.0. The number of methoxy groups -OCH3 is 1. The van der Waals surface area contributed by atoms with Crippen LogP contribution in [0.1, 0.15) is 48.4 Å². The number of aryl methyl sites for hydroxylation is 1. The van der Waals surface area contributed by atoms with E-state index in [0.29, 0.717) is 17.1 Å². The minimum atomic E-state index is -0.455. The zero-order valence-electron chi connectivity index (χ0n) is 18.7. The average Bonchev–Trinajstić information content (AvgIpc) is 3.17. The zero-order chi connectivity index (χ0) is 23.1. The molecule has 1 atom stereocenters. The van der Waals surface area contributed by atoms with E-state index >= 15 is 0 Å². The number of rotatable bonds is 4. The molecule has 8 heteroatoms. The van der Waals surface area contributed by atoms with Crippen molar-refractivity contribution in [2.45, 2.75) is 26.1 Å². The molecule has 33 heavy (non-hydrogen) atoms. The van der Waals surface area contributed by atoms with E-state index in [2.05, 4.69) is 22.6 Å². The first-order valence-corrected chi connectivity index (χ1v) is 11.6. The second-order valence-corrected chi connectivity index (χ2v) is 9.52. The molecule has 0 radical (unpaired) electrons. The summed E-state index contributed by atoms with van der Waals surface area (Å²) in [7, 11) is 3.62. The fraction of sp³-hybridized carbons (Fsp3) is 0.280. The highest BCUT2D eigenvalue weighted by Gasteiger charge is 2.33. The molecule has 1 amide bonds. The van der Waals surface area contributed by atoms with Gasteiger partial charge in [0.05, 0.1) is 18.2 Å². The van der Waals surface area contributed by atoms with Gasteiger partial charge in [-0.3, -0.25) is 4.79 Å². The Morgan fingerprint density at radius 3 is 2.67 bits per heavy atom. The molecule has 0 saturated heterocycles. The van der Waals surface area contributed by atoms with E-state index in [1.165, 1.54) is 12.0 Å². The number of esters is 1. The van der Waals surface area contributed by atoms with Crippen molar-refractivity contribution >= 4 is 28.2 Å². The highest BCUT2D eigenvalue weighted by Crippen LogP contribution is 2.41. The first kappa shape index (κ1) is 21.5. The largest absolute Gasteiger partial charge is 0.493 e. The summed E-state index contributed by atoms with van der Waals surface area (Å²) in [6.45, 7) is 3.77. The molecule has 2 aromatic carbocycles. The number of carbonyl (C=O) groups excluding carboxylic acids is 2. The van der Waals surface area contributed by atoms with E-state index in [1.54, 1.807) is 35.6 Å². The Hall–Kier alpha value is -3.36. The van der Waals surface area contributed by atoms with Gasteiger partial charge in [-0.15, -0.1) is 11.3 Å². The molecule has 0 bridgehead atoms. The predicted octanol–water partition coefficient (Wildman–Crippen LogP) is 4.13. The standard InChI is InChI=1S/C25H25N3O4S/c1-14-4-6-15(7-5-14)25(30)32-18-9-8-16(12-19(18)31-3)22-26-23(29)21-17-10-11-28(2)13-20(17)33-24(21)27-22/h4-9,12,22,27H,10-11,13H2,1-3H3,(H,26,29)/t22-/m1/s1. The number of carbonyl (C=O) groups is 2. The molecule has 5 rings (SSSR count). The van der Waals surface area contributed by atoms with Crippen LogP contribution in [-0.4, -0.2) is 37.5 Å². The van der Waals surface area contributed by atoms with E-state index in [-0.39, 0.29) is 5.91 Å². The number of hydrogen-bond acceptors (Lipinski definition) is 7. The van der Waals surface area contributed by atoms with E-state index in [0.717, 1.165) is 46.8 Å². The van der Waals surface area contributed by atoms with Crippen molar-refractivity contribution in [1.82, 2.24) is 10.2 Å². The highest BCUT2D eigenvalue weighted by molar-refractivity contribution is 7.16. The summed E-state index contributed by atoms with van der Waals surface area (Å²) in [4.78, 5) is 29.0. The van der Waals surface area contributed by atoms with Crippen LogP contribution < -0.4 is 20.1 Å². The zero-order valence-corrected chi connectivity index (χ0v) is 19.5. The average molecular weight is 464 g/mol. The van der Waals surface area contributed by atoms with Crippen molar-refractivity contribution in [3.8, 4) is 11.5 Å². The third kappa shape index (κ3) is 4.07. The van der Waals surface area contributed by atoms with Gasteiger partial charge >= 0.3 is 5.97 Å². The molecule has 7 nitrogen and oxygen atoms in total. The summed E-state index contributed by atoms with van der Waals surface area (Å²) < 4.78 is 11.1. The van der Waals surface area contributed by atoms with Crippen LogP contribution in [-0.2, 0) is 13.0 Å². The lowest BCUT2D eigenvalue weighted by molar-refractivity contribution is 0.0729. The van der Waals surface area contributed by atoms with Gasteiger partial charge in [0, 0.05) is 18.0 Å². The quantitative estimate of drug-likeness (QED) is 0.448. The van der Waals surface area contributed by atoms with Gasteiger partial charge in [-0.2, -0.15) is 0 Å². The lowest BCUT2D eigenvalue weighted by Gasteiger charge is -2.27. The minimum Gasteiger partial charge on any atom is -0.493 e. The molecule has 0 spiro atoms. The van der Waals surface area contributed by atoms with Crippen molar-refractivity contribution in [1.29, 1.82) is 0 Å². The second kappa shape index (κ2) is 8.53. The Balaban J connectivity index is 1.38. The van der Waals surface area contributed by atoms with Crippen LogP contribution in [0.2, 0.25) is 0 Å². The Morgan fingerprint density at radius 2 is 1.91 bits per heavy atom. The lowest BCUT2D eigenvalue weighted by Crippen LogP contribution is -2.38. The molecule has 170 valence electrons. The number of likely N-dealkylation sites (N-methyl/N-ethyl adjacent to an activating group) is 1. The summed E-state index contributed by atoms with van der Waals surface area (Å²) in [5, 5.41) is 7.42. The number of nitrogens with zero attached hydrogens (tertiary/aromatic N) is 1. The summed E-state index contributed by atoms with van der Waals surface area (Å²) >= 11 is 1.65. The van der Waals surface area contributed by atoms with Gasteiger partial charge in [0.2, 0.25) is 0 Å². The summed E-state index contributed by atoms with van der Waals surface area (Å²) in [5.41, 5.74) is 4.27. The summed E-state index contributed by atoms with van der Waals surface area (Å²) in [5.74, 6) is 0.222. The van der Waals surface area contributed by atoms with Gasteiger partial charge in [0.15, 0.2) is 11.5 Å². The molecule has 3 aromatic rings. The van der Waals surface area contributed by atoms with E-state index in [4.69, 9.17) is 9.47 Å². The SMILES string of the molecule is COc1cc([C@@H]2NC(=O)c3c(sc4c3CCN(C)C4)N2)ccc1OC(=O)c1ccc(C)cc1. The number of anilines is 1. The van der Waals surface area contributed by atoms with Crippen molar-refractivity contribution < 1.29 is 19.1 Å². The smallest absolute Gasteiger partial charge is 0.343 e. The molecular weight excluding hydrogens is 438 g/mol. The van der Waals surface area contributed by atoms with Crippen molar-refractivity contribution in [3.05, 3.63) is 75.2 Å². The van der Waals surface area contributed by atoms with E-state index < -0.39 is 12.1 Å². The summed E-state index contributed by atoms with van der Waals surface area (Å²) in [6, 6.07) is 12.5. The predicted molar refractivity (Wildman–Crippen MR) is 127 cm³/mol. The van der Waals surface area contributed by atoms with Gasteiger partial charge in [-0.25, -0.2) is 4.79 Å². The Bertz CT molecular complexity index is 1240. The maximum Gasteiger partial charge on any atom is 0.343 e. The van der Waals surface area contributed by atoms with Crippen LogP contribution in [0.3, 0.4) is 0 Å². The number of fused-ring (bicyclic) bond motifs is 3. The molecule has 0 unspecified atom stereocenters. The molecule has 0 aliphatic carbocycles. The van der Waals surface area contributed by atoms with Crippen LogP contribution >= 0.6 is 11.3 Å². The van der Waals surface area contributed by atoms with Gasteiger partial charge < -0.3 is 25.0 Å². The lowest BCUT2D eigenvalue weighted by atomic mass is 10.0. The topological polar surface area (TPSA) is 79.9 Å². The van der Waals surface area contributed by atoms with Gasteiger partial charge in [-0.1, -0.05) is 23.8 Å². The molecule has 2 aliphatic heterocycles. The van der Waals surface area contributed by atoms with Gasteiger partial charge in [-0.05, 0) is 55.8 Å². The van der Waals surface area contributed by atoms with Crippen molar-refractivity contribution in [2.75, 3.05) is 26.0 Å². The first-order valence-electron chi connectivity index (χ1n) is 10.8. The highest BCUT2D eigenvalue weighted by atomic mass is 32.1. The van der Waals surface area contributed by atoms with Gasteiger partial charge in [0.25, 0.3) is 5.91 Å². The summed E-state index contributed by atoms with van der Waals surface area (Å²) in [6.07, 6.45) is 0.477. The first-order chi connectivity index (χ1) is 15.9. The number of thiophene rings is 1. The monoisotopic (exact) mass is 463 g/mol. The number of hydrogen-bond donors (Lipinski definition) is 2. The third-order valence-electron chi connectivity index (χ3n) is 6.04. The second-order valence-electron chi connectivity index (χ2n) is 8.41. The van der Waals surface area contributed by atoms with E-state index in [1.807, 2.05) is 25.1 Å². The number of nitrogens with one attached hydrogen (secondary N) is 2. The van der Waals surface area contributed by atoms with Crippen LogP contribution in [0.5, 0.6) is 11.5 Å². The van der Waals surface area contributed by atoms with Crippen molar-refractivity contribution in [3.63, 3.8) is 0 Å². The molecule has 0 saturated carbocycles. The molecule has 1 aromatic heterocycles. The molecule has 3 heterocycles. The third-order valence-corrected chi connectivity index (χ3v) is 7.18. The number of ether oxygens (including phenoxy) is 2. The van der Waals surface area contributed by atoms with Gasteiger partial charge in [0.1, 0.15) is 11.2 Å². The Morgan fingerprint density at radius 1 is 1.12 bits per heavy atom. The fourth-order valence-electron chi connectivity index (χ4n) is 4.21. The van der Waals surface area contributed by atoms with E-state index in [9.17, 15) is 9.59 Å². The number of benzene rings is 2. The normalized spacial score (nSPS) is 17.4. The molecule has 0 fully saturated rings. The molecule has 2 N–H and O–H groups in total. The molecular formula is C25H25N3O4S. The maximum atomic E-state index is 13.0. The van der Waals surface area contributed by atoms with Crippen LogP contribution in [0.4, 0.5) is 5.00 Å². The number of amides is 1.